The van der Waals surface area contributed by atoms with Crippen LogP contribution in [-0.4, -0.2) is 6.03 Å². The summed E-state index contributed by atoms with van der Waals surface area (Å²) in [5.74, 6) is 0. The lowest BCUT2D eigenvalue weighted by atomic mass is 10.1. The number of aryl methyl sites for hydroxylation is 1. The van der Waals surface area contributed by atoms with Gasteiger partial charge >= 0.3 is 6.03 Å². The monoisotopic (exact) mass is 302 g/mol. The molecule has 0 unspecified atom stereocenters. The first-order valence-corrected chi connectivity index (χ1v) is 7.51. The molecule has 0 fully saturated rings. The lowest BCUT2D eigenvalue weighted by Crippen LogP contribution is -2.19. The van der Waals surface area contributed by atoms with Crippen LogP contribution in [0.3, 0.4) is 0 Å². The maximum atomic E-state index is 12.0. The molecule has 0 saturated heterocycles. The maximum absolute atomic E-state index is 12.0. The predicted molar refractivity (Wildman–Crippen MR) is 95.7 cm³/mol. The summed E-state index contributed by atoms with van der Waals surface area (Å²) in [6, 6.07) is 25.4. The van der Waals surface area contributed by atoms with Gasteiger partial charge in [0.15, 0.2) is 0 Å². The minimum Gasteiger partial charge on any atom is -0.308 e. The van der Waals surface area contributed by atoms with Crippen molar-refractivity contribution in [3.05, 3.63) is 84.4 Å². The van der Waals surface area contributed by atoms with E-state index in [1.807, 2.05) is 73.7 Å². The van der Waals surface area contributed by atoms with Gasteiger partial charge in [0.2, 0.25) is 0 Å². The zero-order valence-corrected chi connectivity index (χ0v) is 12.9. The van der Waals surface area contributed by atoms with Gasteiger partial charge in [-0.15, -0.1) is 0 Å². The Morgan fingerprint density at radius 3 is 2.04 bits per heavy atom. The fourth-order valence-electron chi connectivity index (χ4n) is 2.39. The molecule has 0 heterocycles. The van der Waals surface area contributed by atoms with Crippen LogP contribution >= 0.6 is 0 Å². The summed E-state index contributed by atoms with van der Waals surface area (Å²) in [6.07, 6.45) is 0. The third-order valence-corrected chi connectivity index (χ3v) is 3.53. The van der Waals surface area contributed by atoms with Crippen LogP contribution in [0.4, 0.5) is 16.2 Å². The molecule has 3 aromatic carbocycles. The molecule has 2 amide bonds. The highest BCUT2D eigenvalue weighted by atomic mass is 16.2. The van der Waals surface area contributed by atoms with Crippen LogP contribution in [0.1, 0.15) is 5.56 Å². The van der Waals surface area contributed by atoms with Crippen molar-refractivity contribution in [2.45, 2.75) is 6.92 Å². The third-order valence-electron chi connectivity index (χ3n) is 3.53. The normalized spacial score (nSPS) is 10.1. The van der Waals surface area contributed by atoms with E-state index < -0.39 is 0 Å². The smallest absolute Gasteiger partial charge is 0.308 e. The van der Waals surface area contributed by atoms with Gasteiger partial charge < -0.3 is 10.6 Å². The molecule has 0 aromatic heterocycles. The second-order valence-electron chi connectivity index (χ2n) is 5.39. The number of benzene rings is 3. The van der Waals surface area contributed by atoms with Gasteiger partial charge in [-0.3, -0.25) is 0 Å². The summed E-state index contributed by atoms with van der Waals surface area (Å²) in [5.41, 5.74) is 4.92. The molecule has 0 radical (unpaired) electrons. The molecule has 0 aliphatic rings. The molecule has 3 aromatic rings. The Morgan fingerprint density at radius 1 is 0.696 bits per heavy atom. The molecule has 0 aliphatic carbocycles. The summed E-state index contributed by atoms with van der Waals surface area (Å²) in [7, 11) is 0. The molecule has 114 valence electrons. The molecule has 0 saturated carbocycles. The van der Waals surface area contributed by atoms with Crippen LogP contribution in [0.15, 0.2) is 78.9 Å². The second-order valence-corrected chi connectivity index (χ2v) is 5.39. The lowest BCUT2D eigenvalue weighted by molar-refractivity contribution is 0.262. The summed E-state index contributed by atoms with van der Waals surface area (Å²) in [5, 5.41) is 5.67. The number of rotatable bonds is 3. The Balaban J connectivity index is 1.65. The van der Waals surface area contributed by atoms with Crippen molar-refractivity contribution in [1.82, 2.24) is 0 Å². The van der Waals surface area contributed by atoms with Crippen LogP contribution in [0, 0.1) is 6.92 Å². The molecule has 23 heavy (non-hydrogen) atoms. The number of carbonyl (C=O) groups excluding carboxylic acids is 1. The fraction of sp³-hybridized carbons (Fsp3) is 0.0500. The number of urea groups is 1. The van der Waals surface area contributed by atoms with Gasteiger partial charge in [-0.25, -0.2) is 4.79 Å². The maximum Gasteiger partial charge on any atom is 0.323 e. The topological polar surface area (TPSA) is 41.1 Å². The van der Waals surface area contributed by atoms with E-state index in [1.54, 1.807) is 0 Å². The van der Waals surface area contributed by atoms with Crippen LogP contribution in [0.5, 0.6) is 0 Å². The number of carbonyl (C=O) groups is 1. The lowest BCUT2D eigenvalue weighted by Gasteiger charge is -2.09. The van der Waals surface area contributed by atoms with Gasteiger partial charge in [0.25, 0.3) is 0 Å². The number of nitrogens with one attached hydrogen (secondary N) is 2. The van der Waals surface area contributed by atoms with Crippen LogP contribution in [0.2, 0.25) is 0 Å². The first-order chi connectivity index (χ1) is 11.2. The number of hydrogen-bond donors (Lipinski definition) is 2. The average molecular weight is 302 g/mol. The van der Waals surface area contributed by atoms with Crippen molar-refractivity contribution in [3.63, 3.8) is 0 Å². The van der Waals surface area contributed by atoms with Gasteiger partial charge in [0, 0.05) is 11.4 Å². The molecule has 0 bridgehead atoms. The Kier molecular flexibility index (Phi) is 4.39. The van der Waals surface area contributed by atoms with Crippen molar-refractivity contribution in [1.29, 1.82) is 0 Å². The fourth-order valence-corrected chi connectivity index (χ4v) is 2.39. The van der Waals surface area contributed by atoms with E-state index in [4.69, 9.17) is 0 Å². The molecule has 2 N–H and O–H groups in total. The summed E-state index contributed by atoms with van der Waals surface area (Å²) >= 11 is 0. The van der Waals surface area contributed by atoms with E-state index in [9.17, 15) is 4.79 Å². The van der Waals surface area contributed by atoms with Gasteiger partial charge in [-0.1, -0.05) is 54.6 Å². The van der Waals surface area contributed by atoms with E-state index in [-0.39, 0.29) is 6.03 Å². The summed E-state index contributed by atoms with van der Waals surface area (Å²) < 4.78 is 0. The Hall–Kier alpha value is -3.07. The van der Waals surface area contributed by atoms with Gasteiger partial charge in [-0.05, 0) is 47.9 Å². The molecular formula is C20H18N2O. The standard InChI is InChI=1S/C20H18N2O/c1-15-6-5-9-19(14-15)22-20(23)21-18-12-10-17(11-13-18)16-7-3-2-4-8-16/h2-14H,1H3,(H2,21,22,23). The van der Waals surface area contributed by atoms with E-state index >= 15 is 0 Å². The molecule has 0 spiro atoms. The SMILES string of the molecule is Cc1cccc(NC(=O)Nc2ccc(-c3ccccc3)cc2)c1. The highest BCUT2D eigenvalue weighted by molar-refractivity contribution is 5.99. The van der Waals surface area contributed by atoms with E-state index in [1.165, 1.54) is 0 Å². The quantitative estimate of drug-likeness (QED) is 0.676. The highest BCUT2D eigenvalue weighted by Gasteiger charge is 2.03. The van der Waals surface area contributed by atoms with Crippen molar-refractivity contribution in [3.8, 4) is 11.1 Å². The van der Waals surface area contributed by atoms with Gasteiger partial charge in [0.1, 0.15) is 0 Å². The number of hydrogen-bond acceptors (Lipinski definition) is 1. The van der Waals surface area contributed by atoms with E-state index in [0.29, 0.717) is 0 Å². The summed E-state index contributed by atoms with van der Waals surface area (Å²) in [4.78, 5) is 12.0. The van der Waals surface area contributed by atoms with Crippen LogP contribution in [-0.2, 0) is 0 Å². The van der Waals surface area contributed by atoms with Crippen LogP contribution in [0.25, 0.3) is 11.1 Å². The molecular weight excluding hydrogens is 284 g/mol. The first kappa shape index (κ1) is 14.9. The molecule has 3 nitrogen and oxygen atoms in total. The first-order valence-electron chi connectivity index (χ1n) is 7.51. The van der Waals surface area contributed by atoms with Gasteiger partial charge in [-0.2, -0.15) is 0 Å². The largest absolute Gasteiger partial charge is 0.323 e. The molecule has 0 aliphatic heterocycles. The second kappa shape index (κ2) is 6.79. The third kappa shape index (κ3) is 3.98. The van der Waals surface area contributed by atoms with Gasteiger partial charge in [0.05, 0.1) is 0 Å². The molecule has 3 heteroatoms. The Bertz CT molecular complexity index is 795. The van der Waals surface area contributed by atoms with Crippen molar-refractivity contribution < 1.29 is 4.79 Å². The Labute approximate surface area is 136 Å². The zero-order valence-electron chi connectivity index (χ0n) is 12.9. The Morgan fingerprint density at radius 2 is 1.35 bits per heavy atom. The van der Waals surface area contributed by atoms with Crippen molar-refractivity contribution in [2.75, 3.05) is 10.6 Å². The van der Waals surface area contributed by atoms with Crippen molar-refractivity contribution >= 4 is 17.4 Å². The number of amides is 2. The zero-order chi connectivity index (χ0) is 16.1. The molecule has 3 rings (SSSR count). The summed E-state index contributed by atoms with van der Waals surface area (Å²) in [6.45, 7) is 1.99. The average Bonchev–Trinajstić information content (AvgIpc) is 2.56. The number of anilines is 2. The van der Waals surface area contributed by atoms with E-state index in [0.717, 1.165) is 28.1 Å². The minimum atomic E-state index is -0.247. The van der Waals surface area contributed by atoms with Crippen molar-refractivity contribution in [2.24, 2.45) is 0 Å². The predicted octanol–water partition coefficient (Wildman–Crippen LogP) is 5.31. The minimum absolute atomic E-state index is 0.247. The highest BCUT2D eigenvalue weighted by Crippen LogP contribution is 2.21. The van der Waals surface area contributed by atoms with E-state index in [2.05, 4.69) is 22.8 Å². The van der Waals surface area contributed by atoms with Crippen LogP contribution < -0.4 is 10.6 Å². The molecule has 0 atom stereocenters.